The molecule has 1 amide bonds. The zero-order valence-electron chi connectivity index (χ0n) is 13.0. The highest BCUT2D eigenvalue weighted by Gasteiger charge is 2.47. The van der Waals surface area contributed by atoms with Crippen LogP contribution in [0.5, 0.6) is 5.75 Å². The van der Waals surface area contributed by atoms with Gasteiger partial charge >= 0.3 is 0 Å². The van der Waals surface area contributed by atoms with Crippen LogP contribution in [0.1, 0.15) is 42.7 Å². The van der Waals surface area contributed by atoms with Crippen LogP contribution in [-0.4, -0.2) is 42.3 Å². The van der Waals surface area contributed by atoms with Gasteiger partial charge < -0.3 is 14.4 Å². The SMILES string of the molecule is CC(=O)c1ccc2c(c1)[C@H](N(C)C=O)[C@@H](OC=O)C(C)(C)O2. The molecule has 0 aliphatic carbocycles. The average Bonchev–Trinajstić information content (AvgIpc) is 2.46. The first-order valence-corrected chi connectivity index (χ1v) is 6.92. The second kappa shape index (κ2) is 5.79. The van der Waals surface area contributed by atoms with Crippen molar-refractivity contribution in [3.05, 3.63) is 29.3 Å². The summed E-state index contributed by atoms with van der Waals surface area (Å²) in [5, 5.41) is 0. The molecule has 6 heteroatoms. The van der Waals surface area contributed by atoms with E-state index >= 15 is 0 Å². The second-order valence-corrected chi connectivity index (χ2v) is 5.88. The first-order valence-electron chi connectivity index (χ1n) is 6.92. The summed E-state index contributed by atoms with van der Waals surface area (Å²) in [6.45, 7) is 5.39. The third-order valence-electron chi connectivity index (χ3n) is 3.89. The molecule has 6 nitrogen and oxygen atoms in total. The predicted molar refractivity (Wildman–Crippen MR) is 78.7 cm³/mol. The number of ketones is 1. The Bertz CT molecular complexity index is 611. The quantitative estimate of drug-likeness (QED) is 0.612. The Kier molecular flexibility index (Phi) is 4.21. The van der Waals surface area contributed by atoms with Crippen molar-refractivity contribution in [2.45, 2.75) is 38.5 Å². The van der Waals surface area contributed by atoms with Crippen LogP contribution in [0.4, 0.5) is 0 Å². The lowest BCUT2D eigenvalue weighted by molar-refractivity contribution is -0.158. The molecule has 0 unspecified atom stereocenters. The molecule has 0 aromatic heterocycles. The molecule has 1 aliphatic heterocycles. The molecule has 1 aliphatic rings. The Morgan fingerprint density at radius 1 is 1.36 bits per heavy atom. The summed E-state index contributed by atoms with van der Waals surface area (Å²) in [5.74, 6) is 0.479. The fraction of sp³-hybridized carbons (Fsp3) is 0.438. The van der Waals surface area contributed by atoms with E-state index in [1.165, 1.54) is 11.8 Å². The van der Waals surface area contributed by atoms with Gasteiger partial charge in [0.2, 0.25) is 6.41 Å². The number of hydrogen-bond donors (Lipinski definition) is 0. The van der Waals surface area contributed by atoms with Gasteiger partial charge in [0.15, 0.2) is 11.9 Å². The molecule has 0 bridgehead atoms. The predicted octanol–water partition coefficient (Wildman–Crippen LogP) is 1.73. The summed E-state index contributed by atoms with van der Waals surface area (Å²) in [5.41, 5.74) is 0.345. The van der Waals surface area contributed by atoms with Crippen LogP contribution in [0.25, 0.3) is 0 Å². The number of likely N-dealkylation sites (N-methyl/N-ethyl adjacent to an activating group) is 1. The largest absolute Gasteiger partial charge is 0.484 e. The van der Waals surface area contributed by atoms with Crippen molar-refractivity contribution < 1.29 is 23.9 Å². The third-order valence-corrected chi connectivity index (χ3v) is 3.89. The first kappa shape index (κ1) is 16.0. The summed E-state index contributed by atoms with van der Waals surface area (Å²) in [6, 6.07) is 4.53. The maximum atomic E-state index is 11.6. The minimum absolute atomic E-state index is 0.0898. The molecule has 1 aromatic rings. The van der Waals surface area contributed by atoms with Crippen molar-refractivity contribution in [2.24, 2.45) is 0 Å². The minimum Gasteiger partial charge on any atom is -0.484 e. The van der Waals surface area contributed by atoms with Gasteiger partial charge in [0.05, 0.1) is 0 Å². The lowest BCUT2D eigenvalue weighted by Crippen LogP contribution is -2.54. The molecule has 1 heterocycles. The third kappa shape index (κ3) is 2.68. The summed E-state index contributed by atoms with van der Waals surface area (Å²) in [7, 11) is 1.60. The number of fused-ring (bicyclic) bond motifs is 1. The lowest BCUT2D eigenvalue weighted by atomic mass is 9.85. The monoisotopic (exact) mass is 305 g/mol. The van der Waals surface area contributed by atoms with Crippen molar-refractivity contribution in [3.8, 4) is 5.75 Å². The summed E-state index contributed by atoms with van der Waals surface area (Å²) in [6.07, 6.45) is -0.0211. The van der Waals surface area contributed by atoms with Gasteiger partial charge in [-0.2, -0.15) is 0 Å². The Morgan fingerprint density at radius 3 is 2.59 bits per heavy atom. The molecule has 1 aromatic carbocycles. The summed E-state index contributed by atoms with van der Waals surface area (Å²) in [4.78, 5) is 35.2. The average molecular weight is 305 g/mol. The van der Waals surface area contributed by atoms with E-state index < -0.39 is 17.7 Å². The highest BCUT2D eigenvalue weighted by Crippen LogP contribution is 2.43. The van der Waals surface area contributed by atoms with E-state index in [4.69, 9.17) is 9.47 Å². The van der Waals surface area contributed by atoms with Crippen molar-refractivity contribution in [3.63, 3.8) is 0 Å². The molecule has 0 fully saturated rings. The molecule has 0 N–H and O–H groups in total. The Hall–Kier alpha value is -2.37. The molecule has 118 valence electrons. The van der Waals surface area contributed by atoms with E-state index in [2.05, 4.69) is 0 Å². The van der Waals surface area contributed by atoms with Gasteiger partial charge in [0, 0.05) is 18.2 Å². The smallest absolute Gasteiger partial charge is 0.293 e. The van der Waals surface area contributed by atoms with Gasteiger partial charge in [-0.3, -0.25) is 14.4 Å². The Balaban J connectivity index is 2.62. The van der Waals surface area contributed by atoms with E-state index in [1.54, 1.807) is 39.1 Å². The maximum absolute atomic E-state index is 11.6. The molecular weight excluding hydrogens is 286 g/mol. The maximum Gasteiger partial charge on any atom is 0.293 e. The minimum atomic E-state index is -0.812. The number of rotatable bonds is 5. The molecular formula is C16H19NO5. The highest BCUT2D eigenvalue weighted by molar-refractivity contribution is 5.94. The molecule has 2 rings (SSSR count). The first-order chi connectivity index (χ1) is 10.3. The number of benzene rings is 1. The number of carbonyl (C=O) groups excluding carboxylic acids is 3. The standard InChI is InChI=1S/C16H19NO5/c1-10(20)11-5-6-13-12(7-11)14(17(4)8-18)15(21-9-19)16(2,3)22-13/h5-9,14-15H,1-4H3/t14-,15+/m0/s1. The summed E-state index contributed by atoms with van der Waals surface area (Å²) < 4.78 is 11.1. The second-order valence-electron chi connectivity index (χ2n) is 5.88. The molecule has 0 radical (unpaired) electrons. The van der Waals surface area contributed by atoms with Crippen LogP contribution in [0.15, 0.2) is 18.2 Å². The van der Waals surface area contributed by atoms with Gasteiger partial charge in [-0.15, -0.1) is 0 Å². The van der Waals surface area contributed by atoms with Crippen LogP contribution < -0.4 is 4.74 Å². The van der Waals surface area contributed by atoms with Gasteiger partial charge in [-0.1, -0.05) is 0 Å². The van der Waals surface area contributed by atoms with Crippen molar-refractivity contribution in [2.75, 3.05) is 7.05 Å². The van der Waals surface area contributed by atoms with Gasteiger partial charge in [-0.05, 0) is 39.0 Å². The van der Waals surface area contributed by atoms with Gasteiger partial charge in [0.1, 0.15) is 17.4 Å². The van der Waals surface area contributed by atoms with Crippen LogP contribution in [0.2, 0.25) is 0 Å². The van der Waals surface area contributed by atoms with Gasteiger partial charge in [0.25, 0.3) is 6.47 Å². The number of ether oxygens (including phenoxy) is 2. The van der Waals surface area contributed by atoms with Crippen molar-refractivity contribution >= 4 is 18.7 Å². The fourth-order valence-corrected chi connectivity index (χ4v) is 2.77. The van der Waals surface area contributed by atoms with Crippen molar-refractivity contribution in [1.29, 1.82) is 0 Å². The number of nitrogens with zero attached hydrogens (tertiary/aromatic N) is 1. The molecule has 22 heavy (non-hydrogen) atoms. The van der Waals surface area contributed by atoms with Crippen molar-refractivity contribution in [1.82, 2.24) is 4.90 Å². The lowest BCUT2D eigenvalue weighted by Gasteiger charge is -2.45. The van der Waals surface area contributed by atoms with E-state index in [-0.39, 0.29) is 5.78 Å². The topological polar surface area (TPSA) is 72.9 Å². The normalized spacial score (nSPS) is 22.0. The number of hydrogen-bond acceptors (Lipinski definition) is 5. The highest BCUT2D eigenvalue weighted by atomic mass is 16.6. The molecule has 0 spiro atoms. The van der Waals surface area contributed by atoms with E-state index in [0.717, 1.165) is 0 Å². The number of amides is 1. The Morgan fingerprint density at radius 2 is 2.05 bits per heavy atom. The number of Topliss-reactive ketones (excluding diaryl/α,β-unsaturated/α-hetero) is 1. The Labute approximate surface area is 129 Å². The van der Waals surface area contributed by atoms with E-state index in [9.17, 15) is 14.4 Å². The molecule has 0 saturated heterocycles. The van der Waals surface area contributed by atoms with Crippen LogP contribution in [0, 0.1) is 0 Å². The fourth-order valence-electron chi connectivity index (χ4n) is 2.77. The molecule has 0 saturated carbocycles. The summed E-state index contributed by atoms with van der Waals surface area (Å²) >= 11 is 0. The number of carbonyl (C=O) groups is 3. The van der Waals surface area contributed by atoms with E-state index in [0.29, 0.717) is 29.8 Å². The zero-order valence-corrected chi connectivity index (χ0v) is 13.0. The van der Waals surface area contributed by atoms with Gasteiger partial charge in [-0.25, -0.2) is 0 Å². The molecule has 2 atom stereocenters. The van der Waals surface area contributed by atoms with Crippen LogP contribution in [0.3, 0.4) is 0 Å². The van der Waals surface area contributed by atoms with Crippen LogP contribution in [-0.2, 0) is 14.3 Å². The van der Waals surface area contributed by atoms with E-state index in [1.807, 2.05) is 0 Å². The zero-order chi connectivity index (χ0) is 16.5. The van der Waals surface area contributed by atoms with Crippen LogP contribution >= 0.6 is 0 Å².